The molecule has 2 heterocycles. The van der Waals surface area contributed by atoms with Crippen LogP contribution in [0.15, 0.2) is 10.5 Å². The van der Waals surface area contributed by atoms with Crippen molar-refractivity contribution in [2.75, 3.05) is 25.4 Å². The Bertz CT molecular complexity index is 405. The molecule has 1 aliphatic heterocycles. The average Bonchev–Trinajstić information content (AvgIpc) is 2.79. The van der Waals surface area contributed by atoms with E-state index in [4.69, 9.17) is 4.42 Å². The lowest BCUT2D eigenvalue weighted by Gasteiger charge is -2.31. The van der Waals surface area contributed by atoms with Crippen LogP contribution >= 0.6 is 11.8 Å². The van der Waals surface area contributed by atoms with Gasteiger partial charge in [0.2, 0.25) is 0 Å². The van der Waals surface area contributed by atoms with Gasteiger partial charge in [-0.3, -0.25) is 4.90 Å². The van der Waals surface area contributed by atoms with Crippen molar-refractivity contribution in [3.8, 4) is 0 Å². The summed E-state index contributed by atoms with van der Waals surface area (Å²) in [6.07, 6.45) is 2.44. The van der Waals surface area contributed by atoms with Crippen LogP contribution in [0.25, 0.3) is 0 Å². The molecular weight excluding hydrogens is 268 g/mol. The molecule has 0 spiro atoms. The third kappa shape index (κ3) is 4.54. The van der Waals surface area contributed by atoms with E-state index in [0.717, 1.165) is 36.4 Å². The molecule has 0 radical (unpaired) electrons. The van der Waals surface area contributed by atoms with Crippen LogP contribution in [-0.4, -0.2) is 35.5 Å². The molecule has 0 aromatic carbocycles. The van der Waals surface area contributed by atoms with E-state index in [1.807, 2.05) is 0 Å². The zero-order valence-electron chi connectivity index (χ0n) is 13.1. The molecule has 0 bridgehead atoms. The summed E-state index contributed by atoms with van der Waals surface area (Å²) in [6, 6.07) is 2.24. The van der Waals surface area contributed by atoms with Crippen LogP contribution in [0.4, 0.5) is 0 Å². The molecule has 114 valence electrons. The summed E-state index contributed by atoms with van der Waals surface area (Å²) in [5.74, 6) is 3.45. The van der Waals surface area contributed by atoms with Crippen LogP contribution in [0.3, 0.4) is 0 Å². The Labute approximate surface area is 127 Å². The third-order valence-electron chi connectivity index (χ3n) is 3.87. The summed E-state index contributed by atoms with van der Waals surface area (Å²) in [5, 5.41) is 4.25. The van der Waals surface area contributed by atoms with E-state index in [1.165, 1.54) is 37.2 Å². The molecule has 1 aromatic heterocycles. The van der Waals surface area contributed by atoms with Gasteiger partial charge in [-0.05, 0) is 32.4 Å². The van der Waals surface area contributed by atoms with E-state index in [2.05, 4.69) is 48.8 Å². The molecule has 2 rings (SSSR count). The van der Waals surface area contributed by atoms with Crippen molar-refractivity contribution in [3.63, 3.8) is 0 Å². The topological polar surface area (TPSA) is 28.4 Å². The van der Waals surface area contributed by atoms with Crippen molar-refractivity contribution in [1.29, 1.82) is 0 Å². The number of hydrogen-bond donors (Lipinski definition) is 1. The van der Waals surface area contributed by atoms with E-state index in [9.17, 15) is 0 Å². The molecule has 1 N–H and O–H groups in total. The first-order valence-corrected chi connectivity index (χ1v) is 8.90. The predicted octanol–water partition coefficient (Wildman–Crippen LogP) is 3.42. The molecule has 0 amide bonds. The predicted molar refractivity (Wildman–Crippen MR) is 87.3 cm³/mol. The Balaban J connectivity index is 1.87. The molecule has 0 saturated carbocycles. The molecule has 1 fully saturated rings. The van der Waals surface area contributed by atoms with Crippen molar-refractivity contribution >= 4 is 11.8 Å². The highest BCUT2D eigenvalue weighted by Crippen LogP contribution is 2.23. The van der Waals surface area contributed by atoms with E-state index >= 15 is 0 Å². The van der Waals surface area contributed by atoms with Crippen LogP contribution in [-0.2, 0) is 13.1 Å². The van der Waals surface area contributed by atoms with Crippen LogP contribution in [0.1, 0.15) is 43.8 Å². The number of aryl methyl sites for hydroxylation is 1. The number of nitrogens with zero attached hydrogens (tertiary/aromatic N) is 1. The van der Waals surface area contributed by atoms with Gasteiger partial charge >= 0.3 is 0 Å². The van der Waals surface area contributed by atoms with Gasteiger partial charge < -0.3 is 9.73 Å². The normalized spacial score (nSPS) is 20.4. The first-order chi connectivity index (χ1) is 9.72. The maximum absolute atomic E-state index is 5.93. The van der Waals surface area contributed by atoms with E-state index < -0.39 is 0 Å². The minimum Gasteiger partial charge on any atom is -0.465 e. The van der Waals surface area contributed by atoms with Gasteiger partial charge in [0.05, 0.1) is 6.54 Å². The molecular formula is C16H28N2OS. The fraction of sp³-hybridized carbons (Fsp3) is 0.750. The van der Waals surface area contributed by atoms with Crippen molar-refractivity contribution in [2.24, 2.45) is 0 Å². The molecule has 3 nitrogen and oxygen atoms in total. The van der Waals surface area contributed by atoms with Gasteiger partial charge in [-0.2, -0.15) is 11.8 Å². The number of hydrogen-bond acceptors (Lipinski definition) is 4. The summed E-state index contributed by atoms with van der Waals surface area (Å²) in [5.41, 5.74) is 1.31. The summed E-state index contributed by atoms with van der Waals surface area (Å²) in [6.45, 7) is 11.9. The SMILES string of the molecule is CCCNCc1cc(CN2CCSC(CC)C2)oc1C. The van der Waals surface area contributed by atoms with E-state index in [0.29, 0.717) is 0 Å². The molecule has 4 heteroatoms. The van der Waals surface area contributed by atoms with Crippen LogP contribution in [0, 0.1) is 6.92 Å². The lowest BCUT2D eigenvalue weighted by molar-refractivity contribution is 0.248. The van der Waals surface area contributed by atoms with Gasteiger partial charge in [-0.25, -0.2) is 0 Å². The summed E-state index contributed by atoms with van der Waals surface area (Å²) < 4.78 is 5.93. The second-order valence-corrected chi connectivity index (χ2v) is 7.02. The van der Waals surface area contributed by atoms with Gasteiger partial charge in [0.15, 0.2) is 0 Å². The highest BCUT2D eigenvalue weighted by Gasteiger charge is 2.20. The zero-order valence-corrected chi connectivity index (χ0v) is 13.9. The first-order valence-electron chi connectivity index (χ1n) is 7.85. The molecule has 1 unspecified atom stereocenters. The standard InChI is InChI=1S/C16H28N2OS/c1-4-6-17-10-14-9-15(19-13(14)3)11-18-7-8-20-16(5-2)12-18/h9,16-17H,4-8,10-12H2,1-3H3. The highest BCUT2D eigenvalue weighted by atomic mass is 32.2. The smallest absolute Gasteiger partial charge is 0.118 e. The quantitative estimate of drug-likeness (QED) is 0.781. The van der Waals surface area contributed by atoms with Gasteiger partial charge in [0, 0.05) is 36.2 Å². The van der Waals surface area contributed by atoms with Gasteiger partial charge in [0.1, 0.15) is 11.5 Å². The second kappa shape index (κ2) is 8.11. The van der Waals surface area contributed by atoms with Gasteiger partial charge in [-0.15, -0.1) is 0 Å². The molecule has 1 aliphatic rings. The maximum Gasteiger partial charge on any atom is 0.118 e. The number of furan rings is 1. The lowest BCUT2D eigenvalue weighted by Crippen LogP contribution is -2.36. The van der Waals surface area contributed by atoms with Gasteiger partial charge in [-0.1, -0.05) is 13.8 Å². The molecule has 1 atom stereocenters. The molecule has 1 saturated heterocycles. The monoisotopic (exact) mass is 296 g/mol. The van der Waals surface area contributed by atoms with Crippen molar-refractivity contribution in [3.05, 3.63) is 23.2 Å². The minimum absolute atomic E-state index is 0.797. The Hall–Kier alpha value is -0.450. The van der Waals surface area contributed by atoms with E-state index in [1.54, 1.807) is 0 Å². The summed E-state index contributed by atoms with van der Waals surface area (Å²) in [4.78, 5) is 2.53. The minimum atomic E-state index is 0.797. The van der Waals surface area contributed by atoms with Gasteiger partial charge in [0.25, 0.3) is 0 Å². The Morgan fingerprint density at radius 2 is 2.30 bits per heavy atom. The van der Waals surface area contributed by atoms with Crippen molar-refractivity contribution in [2.45, 2.75) is 52.0 Å². The van der Waals surface area contributed by atoms with Crippen molar-refractivity contribution in [1.82, 2.24) is 10.2 Å². The Morgan fingerprint density at radius 1 is 1.45 bits per heavy atom. The largest absolute Gasteiger partial charge is 0.465 e. The Morgan fingerprint density at radius 3 is 3.05 bits per heavy atom. The maximum atomic E-state index is 5.93. The van der Waals surface area contributed by atoms with Crippen LogP contribution < -0.4 is 5.32 Å². The number of rotatable bonds is 7. The Kier molecular flexibility index (Phi) is 6.46. The highest BCUT2D eigenvalue weighted by molar-refractivity contribution is 8.00. The van der Waals surface area contributed by atoms with E-state index in [-0.39, 0.29) is 0 Å². The summed E-state index contributed by atoms with van der Waals surface area (Å²) in [7, 11) is 0. The van der Waals surface area contributed by atoms with Crippen molar-refractivity contribution < 1.29 is 4.42 Å². The number of nitrogens with one attached hydrogen (secondary N) is 1. The fourth-order valence-corrected chi connectivity index (χ4v) is 3.88. The second-order valence-electron chi connectivity index (χ2n) is 5.61. The first kappa shape index (κ1) is 15.9. The van der Waals surface area contributed by atoms with Crippen LogP contribution in [0.5, 0.6) is 0 Å². The molecule has 0 aliphatic carbocycles. The zero-order chi connectivity index (χ0) is 14.4. The molecule has 20 heavy (non-hydrogen) atoms. The molecule has 1 aromatic rings. The average molecular weight is 296 g/mol. The third-order valence-corrected chi connectivity index (χ3v) is 5.24. The summed E-state index contributed by atoms with van der Waals surface area (Å²) >= 11 is 2.12. The lowest BCUT2D eigenvalue weighted by atomic mass is 10.2. The van der Waals surface area contributed by atoms with Crippen LogP contribution in [0.2, 0.25) is 0 Å². The number of thioether (sulfide) groups is 1. The fourth-order valence-electron chi connectivity index (χ4n) is 2.63.